The molecule has 4 aliphatic rings. The summed E-state index contributed by atoms with van der Waals surface area (Å²) in [6, 6.07) is 1.98. The molecule has 8 heteroatoms. The van der Waals surface area contributed by atoms with Crippen molar-refractivity contribution in [1.82, 2.24) is 24.4 Å². The Balaban J connectivity index is 1.25. The van der Waals surface area contributed by atoms with Crippen LogP contribution in [0, 0.1) is 11.8 Å². The molecule has 32 heavy (non-hydrogen) atoms. The zero-order valence-electron chi connectivity index (χ0n) is 18.5. The maximum Gasteiger partial charge on any atom is 0.277 e. The maximum absolute atomic E-state index is 13.3. The van der Waals surface area contributed by atoms with E-state index in [-0.39, 0.29) is 29.2 Å². The number of carbonyl (C=O) groups is 2. The Hall–Kier alpha value is -2.64. The molecule has 6 rings (SSSR count). The predicted octanol–water partition coefficient (Wildman–Crippen LogP) is 2.21. The van der Waals surface area contributed by atoms with Crippen LogP contribution in [-0.2, 0) is 22.6 Å². The fraction of sp³-hybridized carbons (Fsp3) is 0.667. The second-order valence-electron chi connectivity index (χ2n) is 10.1. The van der Waals surface area contributed by atoms with E-state index in [4.69, 9.17) is 4.98 Å². The van der Waals surface area contributed by atoms with Crippen molar-refractivity contribution < 1.29 is 9.59 Å². The molecule has 170 valence electrons. The molecule has 0 unspecified atom stereocenters. The molecule has 1 atom stereocenters. The van der Waals surface area contributed by atoms with Crippen molar-refractivity contribution in [2.24, 2.45) is 11.8 Å². The molecule has 8 nitrogen and oxygen atoms in total. The van der Waals surface area contributed by atoms with Crippen molar-refractivity contribution in [1.29, 1.82) is 0 Å². The Labute approximate surface area is 187 Å². The third kappa shape index (κ3) is 3.44. The number of nitrogens with zero attached hydrogens (tertiary/aromatic N) is 4. The number of aromatic nitrogens is 3. The lowest BCUT2D eigenvalue weighted by Crippen LogP contribution is -2.42. The van der Waals surface area contributed by atoms with E-state index in [1.165, 1.54) is 17.4 Å². The fourth-order valence-electron chi connectivity index (χ4n) is 5.85. The molecule has 2 aliphatic carbocycles. The first-order chi connectivity index (χ1) is 15.6. The van der Waals surface area contributed by atoms with Crippen molar-refractivity contribution in [3.63, 3.8) is 0 Å². The zero-order valence-corrected chi connectivity index (χ0v) is 18.5. The minimum Gasteiger partial charge on any atom is -0.342 e. The number of aromatic amines is 1. The van der Waals surface area contributed by atoms with Crippen LogP contribution in [0.2, 0.25) is 0 Å². The second kappa shape index (κ2) is 7.74. The smallest absolute Gasteiger partial charge is 0.277 e. The van der Waals surface area contributed by atoms with Crippen LogP contribution < -0.4 is 5.56 Å². The molecule has 4 heterocycles. The molecular formula is C24H31N5O3. The standard InChI is InChI=1S/C24H31N5O3/c30-22(15-4-1-2-5-15)27-10-3-6-17(13-27)20-12-21-25-19-9-11-28(23(31)16-7-8-16)14-18(19)24(32)29(21)26-20/h12,15-17,26H,1-11,13-14H2/t17-/m0/s1. The van der Waals surface area contributed by atoms with Gasteiger partial charge in [0.25, 0.3) is 5.56 Å². The number of nitrogens with one attached hydrogen (secondary N) is 1. The molecule has 3 fully saturated rings. The summed E-state index contributed by atoms with van der Waals surface area (Å²) in [5.74, 6) is 1.05. The highest BCUT2D eigenvalue weighted by atomic mass is 16.2. The van der Waals surface area contributed by atoms with Gasteiger partial charge in [-0.1, -0.05) is 12.8 Å². The third-order valence-corrected chi connectivity index (χ3v) is 7.90. The van der Waals surface area contributed by atoms with Gasteiger partial charge in [0.05, 0.1) is 17.8 Å². The number of likely N-dealkylation sites (tertiary alicyclic amines) is 1. The summed E-state index contributed by atoms with van der Waals surface area (Å²) in [7, 11) is 0. The van der Waals surface area contributed by atoms with Crippen molar-refractivity contribution in [3.8, 4) is 0 Å². The van der Waals surface area contributed by atoms with Crippen LogP contribution in [0.3, 0.4) is 0 Å². The Morgan fingerprint density at radius 1 is 0.938 bits per heavy atom. The number of fused-ring (bicyclic) bond motifs is 2. The number of amides is 2. The number of hydrogen-bond donors (Lipinski definition) is 1. The van der Waals surface area contributed by atoms with E-state index in [1.807, 2.05) is 15.9 Å². The molecule has 2 aromatic heterocycles. The topological polar surface area (TPSA) is 90.8 Å². The summed E-state index contributed by atoms with van der Waals surface area (Å²) in [6.07, 6.45) is 8.94. The normalized spacial score (nSPS) is 24.2. The maximum atomic E-state index is 13.3. The third-order valence-electron chi connectivity index (χ3n) is 7.90. The van der Waals surface area contributed by atoms with E-state index in [0.717, 1.165) is 56.5 Å². The van der Waals surface area contributed by atoms with Crippen molar-refractivity contribution in [2.45, 2.75) is 70.3 Å². The van der Waals surface area contributed by atoms with Gasteiger partial charge in [0.1, 0.15) is 0 Å². The van der Waals surface area contributed by atoms with Crippen molar-refractivity contribution >= 4 is 17.5 Å². The first kappa shape index (κ1) is 20.0. The Morgan fingerprint density at radius 3 is 2.47 bits per heavy atom. The molecule has 2 saturated carbocycles. The minimum atomic E-state index is -0.0979. The first-order valence-electron chi connectivity index (χ1n) is 12.3. The van der Waals surface area contributed by atoms with E-state index in [2.05, 4.69) is 5.10 Å². The summed E-state index contributed by atoms with van der Waals surface area (Å²) in [4.78, 5) is 47.3. The van der Waals surface area contributed by atoms with Crippen molar-refractivity contribution in [3.05, 3.63) is 33.4 Å². The van der Waals surface area contributed by atoms with Crippen LogP contribution in [0.4, 0.5) is 0 Å². The van der Waals surface area contributed by atoms with Crippen LogP contribution in [0.15, 0.2) is 10.9 Å². The molecule has 0 bridgehead atoms. The Morgan fingerprint density at radius 2 is 1.69 bits per heavy atom. The van der Waals surface area contributed by atoms with E-state index in [1.54, 1.807) is 0 Å². The zero-order chi connectivity index (χ0) is 21.8. The van der Waals surface area contributed by atoms with Crippen LogP contribution in [0.5, 0.6) is 0 Å². The highest BCUT2D eigenvalue weighted by Gasteiger charge is 2.36. The van der Waals surface area contributed by atoms with Gasteiger partial charge in [0, 0.05) is 55.6 Å². The number of H-pyrrole nitrogens is 1. The van der Waals surface area contributed by atoms with Crippen LogP contribution >= 0.6 is 0 Å². The van der Waals surface area contributed by atoms with Crippen molar-refractivity contribution in [2.75, 3.05) is 19.6 Å². The number of carbonyl (C=O) groups excluding carboxylic acids is 2. The highest BCUT2D eigenvalue weighted by molar-refractivity contribution is 5.81. The van der Waals surface area contributed by atoms with E-state index in [9.17, 15) is 14.4 Å². The average molecular weight is 438 g/mol. The Kier molecular flexibility index (Phi) is 4.84. The van der Waals surface area contributed by atoms with Gasteiger partial charge in [0.2, 0.25) is 11.8 Å². The molecule has 0 aromatic carbocycles. The lowest BCUT2D eigenvalue weighted by molar-refractivity contribution is -0.136. The predicted molar refractivity (Wildman–Crippen MR) is 118 cm³/mol. The molecule has 0 radical (unpaired) electrons. The molecule has 1 N–H and O–H groups in total. The molecular weight excluding hydrogens is 406 g/mol. The SMILES string of the molecule is O=C(C1CC1)N1CCc2nc3cc([C@H]4CCCN(C(=O)C5CCCC5)C4)[nH]n3c(=O)c2C1. The summed E-state index contributed by atoms with van der Waals surface area (Å²) in [5.41, 5.74) is 2.98. The van der Waals surface area contributed by atoms with Crippen LogP contribution in [0.25, 0.3) is 5.65 Å². The van der Waals surface area contributed by atoms with E-state index in [0.29, 0.717) is 43.2 Å². The quantitative estimate of drug-likeness (QED) is 0.797. The van der Waals surface area contributed by atoms with Gasteiger partial charge in [-0.15, -0.1) is 0 Å². The molecule has 1 saturated heterocycles. The van der Waals surface area contributed by atoms with Crippen LogP contribution in [-0.4, -0.2) is 55.8 Å². The summed E-state index contributed by atoms with van der Waals surface area (Å²) in [6.45, 7) is 2.55. The van der Waals surface area contributed by atoms with Crippen LogP contribution in [0.1, 0.15) is 74.2 Å². The molecule has 0 spiro atoms. The monoisotopic (exact) mass is 437 g/mol. The Bertz CT molecular complexity index is 1120. The first-order valence-corrected chi connectivity index (χ1v) is 12.3. The number of piperidine rings is 1. The van der Waals surface area contributed by atoms with Gasteiger partial charge in [-0.2, -0.15) is 0 Å². The van der Waals surface area contributed by atoms with Gasteiger partial charge in [-0.05, 0) is 38.5 Å². The van der Waals surface area contributed by atoms with E-state index >= 15 is 0 Å². The largest absolute Gasteiger partial charge is 0.342 e. The number of hydrogen-bond acceptors (Lipinski definition) is 4. The summed E-state index contributed by atoms with van der Waals surface area (Å²) < 4.78 is 1.54. The molecule has 2 aliphatic heterocycles. The fourth-order valence-corrected chi connectivity index (χ4v) is 5.85. The van der Waals surface area contributed by atoms with Gasteiger partial charge in [-0.25, -0.2) is 9.50 Å². The number of rotatable bonds is 3. The minimum absolute atomic E-state index is 0.0979. The van der Waals surface area contributed by atoms with Gasteiger partial charge in [0.15, 0.2) is 5.65 Å². The second-order valence-corrected chi connectivity index (χ2v) is 10.1. The highest BCUT2D eigenvalue weighted by Crippen LogP contribution is 2.33. The lowest BCUT2D eigenvalue weighted by atomic mass is 9.93. The van der Waals surface area contributed by atoms with Gasteiger partial charge >= 0.3 is 0 Å². The van der Waals surface area contributed by atoms with E-state index < -0.39 is 0 Å². The summed E-state index contributed by atoms with van der Waals surface area (Å²) >= 11 is 0. The molecule has 2 amide bonds. The van der Waals surface area contributed by atoms with Gasteiger partial charge in [-0.3, -0.25) is 19.5 Å². The average Bonchev–Trinajstić information content (AvgIpc) is 3.34. The summed E-state index contributed by atoms with van der Waals surface area (Å²) in [5, 5.41) is 3.29. The van der Waals surface area contributed by atoms with Gasteiger partial charge < -0.3 is 9.80 Å². The lowest BCUT2D eigenvalue weighted by Gasteiger charge is -2.34. The molecule has 2 aromatic rings.